The minimum Gasteiger partial charge on any atom is -0.479 e. The van der Waals surface area contributed by atoms with E-state index in [1.165, 1.54) is 35.6 Å². The molecule has 1 aromatic heterocycles. The first-order chi connectivity index (χ1) is 11.0. The maximum absolute atomic E-state index is 11.7. The van der Waals surface area contributed by atoms with Crippen molar-refractivity contribution in [2.45, 2.75) is 12.6 Å². The number of nitro groups is 1. The van der Waals surface area contributed by atoms with Crippen LogP contribution in [0.4, 0.5) is 10.5 Å². The van der Waals surface area contributed by atoms with Gasteiger partial charge in [-0.15, -0.1) is 11.3 Å². The van der Waals surface area contributed by atoms with E-state index in [4.69, 9.17) is 9.84 Å². The zero-order valence-electron chi connectivity index (χ0n) is 11.7. The third-order valence-corrected chi connectivity index (χ3v) is 3.79. The van der Waals surface area contributed by atoms with Gasteiger partial charge in [-0.25, -0.2) is 9.59 Å². The highest BCUT2D eigenvalue weighted by Gasteiger charge is 2.23. The van der Waals surface area contributed by atoms with Crippen molar-refractivity contribution < 1.29 is 24.4 Å². The second-order valence-corrected chi connectivity index (χ2v) is 5.41. The number of thiophene rings is 1. The van der Waals surface area contributed by atoms with Crippen LogP contribution in [-0.4, -0.2) is 22.1 Å². The molecular formula is C14H12N2O6S. The highest BCUT2D eigenvalue weighted by Crippen LogP contribution is 2.19. The van der Waals surface area contributed by atoms with Crippen molar-refractivity contribution in [2.75, 3.05) is 0 Å². The Morgan fingerprint density at radius 2 is 2.00 bits per heavy atom. The molecular weight excluding hydrogens is 324 g/mol. The van der Waals surface area contributed by atoms with E-state index >= 15 is 0 Å². The summed E-state index contributed by atoms with van der Waals surface area (Å²) >= 11 is 1.21. The smallest absolute Gasteiger partial charge is 0.408 e. The topological polar surface area (TPSA) is 119 Å². The van der Waals surface area contributed by atoms with Gasteiger partial charge in [0.2, 0.25) is 0 Å². The molecule has 1 amide bonds. The van der Waals surface area contributed by atoms with Gasteiger partial charge in [0.05, 0.1) is 4.92 Å². The van der Waals surface area contributed by atoms with Crippen molar-refractivity contribution in [3.05, 3.63) is 62.3 Å². The van der Waals surface area contributed by atoms with Crippen LogP contribution in [0.25, 0.3) is 0 Å². The number of carbonyl (C=O) groups excluding carboxylic acids is 1. The standard InChI is InChI=1S/C14H12N2O6S/c17-13(18)12(11-2-1-7-23-11)15-14(19)22-8-9-3-5-10(6-4-9)16(20)21/h1-7,12H,8H2,(H,15,19)(H,17,18). The van der Waals surface area contributed by atoms with Crippen molar-refractivity contribution in [3.63, 3.8) is 0 Å². The molecule has 0 saturated carbocycles. The van der Waals surface area contributed by atoms with Crippen LogP contribution in [0, 0.1) is 10.1 Å². The van der Waals surface area contributed by atoms with Gasteiger partial charge in [-0.05, 0) is 29.1 Å². The van der Waals surface area contributed by atoms with Gasteiger partial charge in [-0.3, -0.25) is 10.1 Å². The van der Waals surface area contributed by atoms with Crippen LogP contribution >= 0.6 is 11.3 Å². The van der Waals surface area contributed by atoms with E-state index in [0.717, 1.165) is 0 Å². The molecule has 0 spiro atoms. The molecule has 2 N–H and O–H groups in total. The average Bonchev–Trinajstić information content (AvgIpc) is 3.04. The maximum atomic E-state index is 11.7. The van der Waals surface area contributed by atoms with Crippen LogP contribution in [-0.2, 0) is 16.1 Å². The van der Waals surface area contributed by atoms with Crippen molar-refractivity contribution >= 4 is 29.1 Å². The van der Waals surface area contributed by atoms with E-state index in [9.17, 15) is 19.7 Å². The summed E-state index contributed by atoms with van der Waals surface area (Å²) in [7, 11) is 0. The number of alkyl carbamates (subject to hydrolysis) is 1. The highest BCUT2D eigenvalue weighted by atomic mass is 32.1. The molecule has 2 aromatic rings. The monoisotopic (exact) mass is 336 g/mol. The Morgan fingerprint density at radius 3 is 2.52 bits per heavy atom. The second kappa shape index (κ2) is 7.36. The minimum absolute atomic E-state index is 0.0677. The lowest BCUT2D eigenvalue weighted by atomic mass is 10.2. The number of nitrogens with zero attached hydrogens (tertiary/aromatic N) is 1. The van der Waals surface area contributed by atoms with Crippen LogP contribution in [0.1, 0.15) is 16.5 Å². The Kier molecular flexibility index (Phi) is 5.26. The molecule has 0 aliphatic carbocycles. The Balaban J connectivity index is 1.91. The normalized spacial score (nSPS) is 11.5. The van der Waals surface area contributed by atoms with E-state index in [0.29, 0.717) is 10.4 Å². The van der Waals surface area contributed by atoms with Crippen molar-refractivity contribution in [3.8, 4) is 0 Å². The maximum Gasteiger partial charge on any atom is 0.408 e. The summed E-state index contributed by atoms with van der Waals surface area (Å²) < 4.78 is 4.93. The molecule has 1 unspecified atom stereocenters. The fourth-order valence-corrected chi connectivity index (χ4v) is 2.50. The van der Waals surface area contributed by atoms with Gasteiger partial charge < -0.3 is 15.2 Å². The third kappa shape index (κ3) is 4.51. The van der Waals surface area contributed by atoms with Crippen LogP contribution in [0.5, 0.6) is 0 Å². The first-order valence-corrected chi connectivity index (χ1v) is 7.28. The van der Waals surface area contributed by atoms with Gasteiger partial charge in [-0.1, -0.05) is 6.07 Å². The number of nitrogens with one attached hydrogen (secondary N) is 1. The molecule has 2 rings (SSSR count). The summed E-state index contributed by atoms with van der Waals surface area (Å²) in [6, 6.07) is 7.60. The molecule has 0 bridgehead atoms. The molecule has 0 aliphatic heterocycles. The molecule has 1 heterocycles. The lowest BCUT2D eigenvalue weighted by molar-refractivity contribution is -0.384. The SMILES string of the molecule is O=C(NC(C(=O)O)c1cccs1)OCc1ccc([N+](=O)[O-])cc1. The van der Waals surface area contributed by atoms with Crippen LogP contribution in [0.15, 0.2) is 41.8 Å². The fraction of sp³-hybridized carbons (Fsp3) is 0.143. The number of amides is 1. The number of benzene rings is 1. The molecule has 120 valence electrons. The zero-order valence-corrected chi connectivity index (χ0v) is 12.5. The molecule has 0 fully saturated rings. The van der Waals surface area contributed by atoms with Crippen molar-refractivity contribution in [1.29, 1.82) is 0 Å². The predicted molar refractivity (Wildman–Crippen MR) is 81.1 cm³/mol. The number of ether oxygens (including phenoxy) is 1. The van der Waals surface area contributed by atoms with E-state index < -0.39 is 23.0 Å². The Labute approximate surface area is 134 Å². The Bertz CT molecular complexity index is 699. The fourth-order valence-electron chi connectivity index (χ4n) is 1.73. The molecule has 23 heavy (non-hydrogen) atoms. The van der Waals surface area contributed by atoms with Gasteiger partial charge in [-0.2, -0.15) is 0 Å². The van der Waals surface area contributed by atoms with Crippen molar-refractivity contribution in [1.82, 2.24) is 5.32 Å². The molecule has 0 radical (unpaired) electrons. The van der Waals surface area contributed by atoms with Crippen molar-refractivity contribution in [2.24, 2.45) is 0 Å². The van der Waals surface area contributed by atoms with Gasteiger partial charge in [0, 0.05) is 17.0 Å². The Hall–Kier alpha value is -2.94. The third-order valence-electron chi connectivity index (χ3n) is 2.85. The van der Waals surface area contributed by atoms with E-state index in [2.05, 4.69) is 5.32 Å². The van der Waals surface area contributed by atoms with Gasteiger partial charge in [0.15, 0.2) is 6.04 Å². The lowest BCUT2D eigenvalue weighted by Crippen LogP contribution is -2.33. The van der Waals surface area contributed by atoms with Gasteiger partial charge >= 0.3 is 12.1 Å². The number of nitro benzene ring substituents is 1. The van der Waals surface area contributed by atoms with Crippen LogP contribution in [0.2, 0.25) is 0 Å². The molecule has 1 aromatic carbocycles. The molecule has 0 aliphatic rings. The lowest BCUT2D eigenvalue weighted by Gasteiger charge is -2.13. The summed E-state index contributed by atoms with van der Waals surface area (Å²) in [4.78, 5) is 33.4. The van der Waals surface area contributed by atoms with E-state index in [-0.39, 0.29) is 12.3 Å². The predicted octanol–water partition coefficient (Wildman–Crippen LogP) is 2.71. The minimum atomic E-state index is -1.19. The summed E-state index contributed by atoms with van der Waals surface area (Å²) in [5.74, 6) is -1.19. The molecule has 1 atom stereocenters. The summed E-state index contributed by atoms with van der Waals surface area (Å²) in [6.45, 7) is -0.124. The quantitative estimate of drug-likeness (QED) is 0.618. The number of carboxylic acids is 1. The number of carbonyl (C=O) groups is 2. The van der Waals surface area contributed by atoms with Gasteiger partial charge in [0.25, 0.3) is 5.69 Å². The number of rotatable bonds is 6. The van der Waals surface area contributed by atoms with Gasteiger partial charge in [0.1, 0.15) is 6.61 Å². The summed E-state index contributed by atoms with van der Waals surface area (Å²) in [5, 5.41) is 23.6. The molecule has 8 nitrogen and oxygen atoms in total. The number of aliphatic carboxylic acids is 1. The molecule has 0 saturated heterocycles. The molecule has 9 heteroatoms. The largest absolute Gasteiger partial charge is 0.479 e. The number of hydrogen-bond acceptors (Lipinski definition) is 6. The first kappa shape index (κ1) is 16.4. The van der Waals surface area contributed by atoms with E-state index in [1.807, 2.05) is 0 Å². The number of carboxylic acid groups (broad SMARTS) is 1. The van der Waals surface area contributed by atoms with E-state index in [1.54, 1.807) is 17.5 Å². The summed E-state index contributed by atoms with van der Waals surface area (Å²) in [5.41, 5.74) is 0.482. The first-order valence-electron chi connectivity index (χ1n) is 6.40. The average molecular weight is 336 g/mol. The van der Waals surface area contributed by atoms with Crippen LogP contribution < -0.4 is 5.32 Å². The number of non-ortho nitro benzene ring substituents is 1. The second-order valence-electron chi connectivity index (χ2n) is 4.43. The summed E-state index contributed by atoms with van der Waals surface area (Å²) in [6.07, 6.45) is -0.885. The van der Waals surface area contributed by atoms with Crippen LogP contribution in [0.3, 0.4) is 0 Å². The number of hydrogen-bond donors (Lipinski definition) is 2. The highest BCUT2D eigenvalue weighted by molar-refractivity contribution is 7.10. The Morgan fingerprint density at radius 1 is 1.30 bits per heavy atom. The zero-order chi connectivity index (χ0) is 16.8.